The van der Waals surface area contributed by atoms with Crippen LogP contribution in [0.5, 0.6) is 0 Å². The van der Waals surface area contributed by atoms with E-state index in [1.165, 1.54) is 0 Å². The number of carboxylic acids is 1. The molecule has 0 aromatic heterocycles. The molecule has 0 aromatic rings. The minimum Gasteiger partial charge on any atom is -0.481 e. The van der Waals surface area contributed by atoms with E-state index in [2.05, 4.69) is 5.32 Å². The SMILES string of the molecule is O=C(O)CC1CCCNC(=O)C1. The minimum absolute atomic E-state index is 0.0150. The van der Waals surface area contributed by atoms with Crippen LogP contribution in [0.3, 0.4) is 0 Å². The summed E-state index contributed by atoms with van der Waals surface area (Å²) in [5.74, 6) is -0.793. The van der Waals surface area contributed by atoms with Gasteiger partial charge in [-0.3, -0.25) is 9.59 Å². The highest BCUT2D eigenvalue weighted by Gasteiger charge is 2.19. The molecular formula is C8H13NO3. The van der Waals surface area contributed by atoms with Gasteiger partial charge in [0, 0.05) is 19.4 Å². The van der Waals surface area contributed by atoms with Gasteiger partial charge in [-0.1, -0.05) is 0 Å². The zero-order valence-electron chi connectivity index (χ0n) is 6.88. The van der Waals surface area contributed by atoms with Gasteiger partial charge >= 0.3 is 5.97 Å². The maximum Gasteiger partial charge on any atom is 0.303 e. The molecule has 1 atom stereocenters. The van der Waals surface area contributed by atoms with Crippen molar-refractivity contribution >= 4 is 11.9 Å². The molecule has 0 aromatic carbocycles. The molecule has 1 saturated heterocycles. The molecule has 12 heavy (non-hydrogen) atoms. The molecule has 0 saturated carbocycles. The summed E-state index contributed by atoms with van der Waals surface area (Å²) in [4.78, 5) is 21.3. The first-order valence-electron chi connectivity index (χ1n) is 4.17. The average molecular weight is 171 g/mol. The first-order valence-corrected chi connectivity index (χ1v) is 4.17. The third-order valence-corrected chi connectivity index (χ3v) is 2.05. The summed E-state index contributed by atoms with van der Waals surface area (Å²) in [6, 6.07) is 0. The number of hydrogen-bond acceptors (Lipinski definition) is 2. The van der Waals surface area contributed by atoms with Crippen LogP contribution in [0.25, 0.3) is 0 Å². The van der Waals surface area contributed by atoms with Gasteiger partial charge in [0.2, 0.25) is 5.91 Å². The van der Waals surface area contributed by atoms with E-state index in [9.17, 15) is 9.59 Å². The van der Waals surface area contributed by atoms with E-state index >= 15 is 0 Å². The largest absolute Gasteiger partial charge is 0.481 e. The average Bonchev–Trinajstić information content (AvgIpc) is 2.12. The van der Waals surface area contributed by atoms with Gasteiger partial charge in [-0.2, -0.15) is 0 Å². The zero-order valence-corrected chi connectivity index (χ0v) is 6.88. The fourth-order valence-electron chi connectivity index (χ4n) is 1.48. The van der Waals surface area contributed by atoms with Crippen LogP contribution in [0.15, 0.2) is 0 Å². The van der Waals surface area contributed by atoms with Crippen LogP contribution in [-0.4, -0.2) is 23.5 Å². The monoisotopic (exact) mass is 171 g/mol. The molecule has 0 spiro atoms. The van der Waals surface area contributed by atoms with Crippen molar-refractivity contribution in [1.82, 2.24) is 5.32 Å². The van der Waals surface area contributed by atoms with Crippen LogP contribution >= 0.6 is 0 Å². The summed E-state index contributed by atoms with van der Waals surface area (Å²) in [5, 5.41) is 11.2. The quantitative estimate of drug-likeness (QED) is 0.631. The molecule has 0 radical (unpaired) electrons. The van der Waals surface area contributed by atoms with Crippen molar-refractivity contribution in [3.63, 3.8) is 0 Å². The number of carbonyl (C=O) groups excluding carboxylic acids is 1. The van der Waals surface area contributed by atoms with Crippen molar-refractivity contribution in [2.45, 2.75) is 25.7 Å². The second kappa shape index (κ2) is 4.09. The summed E-state index contributed by atoms with van der Waals surface area (Å²) in [5.41, 5.74) is 0. The number of amides is 1. The number of nitrogens with one attached hydrogen (secondary N) is 1. The second-order valence-corrected chi connectivity index (χ2v) is 3.16. The molecule has 1 heterocycles. The molecule has 68 valence electrons. The van der Waals surface area contributed by atoms with E-state index in [1.54, 1.807) is 0 Å². The highest BCUT2D eigenvalue weighted by atomic mass is 16.4. The van der Waals surface area contributed by atoms with Crippen molar-refractivity contribution < 1.29 is 14.7 Å². The Balaban J connectivity index is 2.41. The second-order valence-electron chi connectivity index (χ2n) is 3.16. The molecule has 1 rings (SSSR count). The van der Waals surface area contributed by atoms with Crippen molar-refractivity contribution in [2.75, 3.05) is 6.54 Å². The van der Waals surface area contributed by atoms with Crippen LogP contribution in [0.2, 0.25) is 0 Å². The van der Waals surface area contributed by atoms with Gasteiger partial charge in [-0.05, 0) is 18.8 Å². The number of hydrogen-bond donors (Lipinski definition) is 2. The summed E-state index contributed by atoms with van der Waals surface area (Å²) in [7, 11) is 0. The standard InChI is InChI=1S/C8H13NO3/c10-7-4-6(5-8(11)12)2-1-3-9-7/h6H,1-5H2,(H,9,10)(H,11,12). The zero-order chi connectivity index (χ0) is 8.97. The molecular weight excluding hydrogens is 158 g/mol. The van der Waals surface area contributed by atoms with E-state index in [4.69, 9.17) is 5.11 Å². The number of carbonyl (C=O) groups is 2. The first kappa shape index (κ1) is 9.03. The molecule has 1 aliphatic rings. The topological polar surface area (TPSA) is 66.4 Å². The molecule has 0 aliphatic carbocycles. The lowest BCUT2D eigenvalue weighted by molar-refractivity contribution is -0.138. The van der Waals surface area contributed by atoms with E-state index in [0.717, 1.165) is 12.8 Å². The van der Waals surface area contributed by atoms with Gasteiger partial charge in [-0.15, -0.1) is 0 Å². The van der Waals surface area contributed by atoms with Crippen LogP contribution in [0.1, 0.15) is 25.7 Å². The van der Waals surface area contributed by atoms with Gasteiger partial charge < -0.3 is 10.4 Å². The van der Waals surface area contributed by atoms with E-state index < -0.39 is 5.97 Å². The number of carboxylic acid groups (broad SMARTS) is 1. The fraction of sp³-hybridized carbons (Fsp3) is 0.750. The van der Waals surface area contributed by atoms with Gasteiger partial charge in [0.25, 0.3) is 0 Å². The summed E-state index contributed by atoms with van der Waals surface area (Å²) in [6.45, 7) is 0.689. The molecule has 1 fully saturated rings. The lowest BCUT2D eigenvalue weighted by Gasteiger charge is -2.07. The maximum atomic E-state index is 11.0. The van der Waals surface area contributed by atoms with Crippen LogP contribution < -0.4 is 5.32 Å². The minimum atomic E-state index is -0.810. The Morgan fingerprint density at radius 3 is 3.08 bits per heavy atom. The highest BCUT2D eigenvalue weighted by Crippen LogP contribution is 2.17. The van der Waals surface area contributed by atoms with Crippen molar-refractivity contribution in [2.24, 2.45) is 5.92 Å². The van der Waals surface area contributed by atoms with Gasteiger partial charge in [-0.25, -0.2) is 0 Å². The van der Waals surface area contributed by atoms with E-state index in [0.29, 0.717) is 13.0 Å². The third-order valence-electron chi connectivity index (χ3n) is 2.05. The smallest absolute Gasteiger partial charge is 0.303 e. The molecule has 1 amide bonds. The predicted octanol–water partition coefficient (Wildman–Crippen LogP) is 0.377. The van der Waals surface area contributed by atoms with Gasteiger partial charge in [0.15, 0.2) is 0 Å². The molecule has 0 bridgehead atoms. The van der Waals surface area contributed by atoms with Crippen molar-refractivity contribution in [3.8, 4) is 0 Å². The molecule has 2 N–H and O–H groups in total. The van der Waals surface area contributed by atoms with Crippen LogP contribution in [0.4, 0.5) is 0 Å². The first-order chi connectivity index (χ1) is 5.68. The Morgan fingerprint density at radius 2 is 2.42 bits per heavy atom. The molecule has 4 nitrogen and oxygen atoms in total. The summed E-state index contributed by atoms with van der Waals surface area (Å²) in [6.07, 6.45) is 2.22. The van der Waals surface area contributed by atoms with E-state index in [-0.39, 0.29) is 18.2 Å². The van der Waals surface area contributed by atoms with Crippen molar-refractivity contribution in [3.05, 3.63) is 0 Å². The Bertz CT molecular complexity index is 191. The Kier molecular flexibility index (Phi) is 3.08. The number of aliphatic carboxylic acids is 1. The predicted molar refractivity (Wildman–Crippen MR) is 42.6 cm³/mol. The van der Waals surface area contributed by atoms with Crippen LogP contribution in [0, 0.1) is 5.92 Å². The lowest BCUT2D eigenvalue weighted by atomic mass is 9.97. The maximum absolute atomic E-state index is 11.0. The molecule has 1 aliphatic heterocycles. The molecule has 4 heteroatoms. The fourth-order valence-corrected chi connectivity index (χ4v) is 1.48. The normalized spacial score (nSPS) is 24.3. The molecule has 1 unspecified atom stereocenters. The Morgan fingerprint density at radius 1 is 1.67 bits per heavy atom. The van der Waals surface area contributed by atoms with Crippen molar-refractivity contribution in [1.29, 1.82) is 0 Å². The lowest BCUT2D eigenvalue weighted by Crippen LogP contribution is -2.22. The van der Waals surface area contributed by atoms with Gasteiger partial charge in [0.1, 0.15) is 0 Å². The number of rotatable bonds is 2. The Labute approximate surface area is 71.0 Å². The highest BCUT2D eigenvalue weighted by molar-refractivity contribution is 5.77. The summed E-state index contributed by atoms with van der Waals surface area (Å²) < 4.78 is 0. The van der Waals surface area contributed by atoms with Gasteiger partial charge in [0.05, 0.1) is 0 Å². The van der Waals surface area contributed by atoms with E-state index in [1.807, 2.05) is 0 Å². The third kappa shape index (κ3) is 2.90. The van der Waals surface area contributed by atoms with Crippen LogP contribution in [-0.2, 0) is 9.59 Å². The summed E-state index contributed by atoms with van der Waals surface area (Å²) >= 11 is 0. The Hall–Kier alpha value is -1.06.